The summed E-state index contributed by atoms with van der Waals surface area (Å²) in [5, 5.41) is 10.1. The van der Waals surface area contributed by atoms with Crippen LogP contribution in [-0.4, -0.2) is 19.8 Å². The first-order chi connectivity index (χ1) is 6.67. The van der Waals surface area contributed by atoms with Gasteiger partial charge in [0, 0.05) is 6.61 Å². The van der Waals surface area contributed by atoms with Gasteiger partial charge in [0.1, 0.15) is 8.07 Å². The Balaban J connectivity index is 2.75. The molecule has 0 heterocycles. The number of aliphatic hydroxyl groups excluding tert-OH is 1. The topological polar surface area (TPSA) is 20.2 Å². The van der Waals surface area contributed by atoms with Crippen LogP contribution in [0.15, 0.2) is 42.1 Å². The normalized spacial score (nSPS) is 12.2. The Morgan fingerprint density at radius 1 is 1.21 bits per heavy atom. The van der Waals surface area contributed by atoms with E-state index in [1.54, 1.807) is 0 Å². The van der Waals surface area contributed by atoms with Crippen molar-refractivity contribution in [3.05, 3.63) is 42.1 Å². The lowest BCUT2D eigenvalue weighted by Crippen LogP contribution is -2.39. The van der Waals surface area contributed by atoms with E-state index in [1.165, 1.54) is 5.19 Å². The maximum Gasteiger partial charge on any atom is 0.103 e. The molecule has 0 aliphatic heterocycles. The molecule has 0 spiro atoms. The zero-order valence-electron chi connectivity index (χ0n) is 8.90. The Bertz CT molecular complexity index is 290. The summed E-state index contributed by atoms with van der Waals surface area (Å²) in [6, 6.07) is 10.6. The first-order valence-corrected chi connectivity index (χ1v) is 8.08. The number of hydrogen-bond donors (Lipinski definition) is 1. The Morgan fingerprint density at radius 3 is 2.43 bits per heavy atom. The average molecular weight is 206 g/mol. The number of hydrogen-bond acceptors (Lipinski definition) is 1. The lowest BCUT2D eigenvalue weighted by molar-refractivity contribution is 0.302. The van der Waals surface area contributed by atoms with Crippen LogP contribution in [0, 0.1) is 0 Å². The fourth-order valence-electron chi connectivity index (χ4n) is 1.42. The zero-order valence-corrected chi connectivity index (χ0v) is 9.90. The van der Waals surface area contributed by atoms with E-state index in [4.69, 9.17) is 5.11 Å². The molecule has 1 rings (SSSR count). The van der Waals surface area contributed by atoms with E-state index in [-0.39, 0.29) is 6.61 Å². The second-order valence-electron chi connectivity index (χ2n) is 4.00. The van der Waals surface area contributed by atoms with Crippen molar-refractivity contribution < 1.29 is 5.11 Å². The Morgan fingerprint density at radius 2 is 1.86 bits per heavy atom. The van der Waals surface area contributed by atoms with Crippen LogP contribution in [0.5, 0.6) is 0 Å². The maximum absolute atomic E-state index is 8.70. The van der Waals surface area contributed by atoms with Gasteiger partial charge in [0.2, 0.25) is 0 Å². The highest BCUT2D eigenvalue weighted by molar-refractivity contribution is 6.93. The zero-order chi connectivity index (χ0) is 10.4. The van der Waals surface area contributed by atoms with E-state index in [9.17, 15) is 0 Å². The lowest BCUT2D eigenvalue weighted by Gasteiger charge is -2.17. The van der Waals surface area contributed by atoms with Crippen LogP contribution < -0.4 is 5.19 Å². The van der Waals surface area contributed by atoms with Crippen molar-refractivity contribution in [1.82, 2.24) is 0 Å². The molecule has 0 bridgehead atoms. The molecular weight excluding hydrogens is 188 g/mol. The van der Waals surface area contributed by atoms with Crippen molar-refractivity contribution in [2.24, 2.45) is 0 Å². The van der Waals surface area contributed by atoms with E-state index < -0.39 is 8.07 Å². The SMILES string of the molecule is C[Si](C)(C=CCCO)c1ccccc1. The predicted octanol–water partition coefficient (Wildman–Crippen LogP) is 2.08. The van der Waals surface area contributed by atoms with Gasteiger partial charge < -0.3 is 5.11 Å². The van der Waals surface area contributed by atoms with Gasteiger partial charge in [-0.2, -0.15) is 0 Å². The third kappa shape index (κ3) is 3.12. The molecule has 76 valence electrons. The van der Waals surface area contributed by atoms with Crippen LogP contribution in [-0.2, 0) is 0 Å². The van der Waals surface area contributed by atoms with Gasteiger partial charge in [-0.1, -0.05) is 60.4 Å². The van der Waals surface area contributed by atoms with Gasteiger partial charge in [0.25, 0.3) is 0 Å². The molecular formula is C12H18OSi. The van der Waals surface area contributed by atoms with Crippen molar-refractivity contribution in [3.63, 3.8) is 0 Å². The van der Waals surface area contributed by atoms with Crippen molar-refractivity contribution in [2.75, 3.05) is 6.61 Å². The molecule has 0 unspecified atom stereocenters. The van der Waals surface area contributed by atoms with Crippen molar-refractivity contribution in [1.29, 1.82) is 0 Å². The highest BCUT2D eigenvalue weighted by Crippen LogP contribution is 2.05. The van der Waals surface area contributed by atoms with Gasteiger partial charge in [-0.25, -0.2) is 0 Å². The van der Waals surface area contributed by atoms with Gasteiger partial charge in [-0.15, -0.1) is 0 Å². The lowest BCUT2D eigenvalue weighted by atomic mass is 10.4. The van der Waals surface area contributed by atoms with Crippen LogP contribution >= 0.6 is 0 Å². The molecule has 0 atom stereocenters. The standard InChI is InChI=1S/C12H18OSi/c1-14(2,11-7-6-10-13)12-8-4-3-5-9-12/h3-5,7-9,11,13H,6,10H2,1-2H3. The van der Waals surface area contributed by atoms with E-state index in [0.717, 1.165) is 6.42 Å². The minimum atomic E-state index is -1.41. The second kappa shape index (κ2) is 5.13. The molecule has 2 heteroatoms. The molecule has 0 amide bonds. The summed E-state index contributed by atoms with van der Waals surface area (Å²) in [7, 11) is -1.41. The quantitative estimate of drug-likeness (QED) is 0.748. The summed E-state index contributed by atoms with van der Waals surface area (Å²) in [5.74, 6) is 0. The molecule has 1 aromatic carbocycles. The molecule has 0 saturated carbocycles. The van der Waals surface area contributed by atoms with Crippen molar-refractivity contribution in [3.8, 4) is 0 Å². The predicted molar refractivity (Wildman–Crippen MR) is 64.4 cm³/mol. The van der Waals surface area contributed by atoms with Gasteiger partial charge in [-0.3, -0.25) is 0 Å². The molecule has 0 saturated heterocycles. The number of rotatable bonds is 4. The minimum Gasteiger partial charge on any atom is -0.396 e. The third-order valence-corrected chi connectivity index (χ3v) is 5.24. The fourth-order valence-corrected chi connectivity index (χ4v) is 3.42. The molecule has 0 fully saturated rings. The van der Waals surface area contributed by atoms with E-state index in [2.05, 4.69) is 49.1 Å². The molecule has 1 aromatic rings. The Kier molecular flexibility index (Phi) is 4.11. The summed E-state index contributed by atoms with van der Waals surface area (Å²) in [6.45, 7) is 4.88. The Labute approximate surface area is 87.1 Å². The van der Waals surface area contributed by atoms with E-state index in [0.29, 0.717) is 0 Å². The first kappa shape index (κ1) is 11.2. The highest BCUT2D eigenvalue weighted by atomic mass is 28.3. The van der Waals surface area contributed by atoms with Gasteiger partial charge in [0.15, 0.2) is 0 Å². The largest absolute Gasteiger partial charge is 0.396 e. The monoisotopic (exact) mass is 206 g/mol. The first-order valence-electron chi connectivity index (χ1n) is 5.01. The van der Waals surface area contributed by atoms with Crippen molar-refractivity contribution in [2.45, 2.75) is 19.5 Å². The van der Waals surface area contributed by atoms with Crippen LogP contribution in [0.2, 0.25) is 13.1 Å². The van der Waals surface area contributed by atoms with Gasteiger partial charge in [-0.05, 0) is 6.42 Å². The maximum atomic E-state index is 8.70. The van der Waals surface area contributed by atoms with Gasteiger partial charge in [0.05, 0.1) is 0 Å². The molecule has 0 aromatic heterocycles. The van der Waals surface area contributed by atoms with E-state index >= 15 is 0 Å². The third-order valence-electron chi connectivity index (χ3n) is 2.35. The summed E-state index contributed by atoms with van der Waals surface area (Å²) >= 11 is 0. The fraction of sp³-hybridized carbons (Fsp3) is 0.333. The van der Waals surface area contributed by atoms with E-state index in [1.807, 2.05) is 6.07 Å². The molecule has 0 aliphatic carbocycles. The molecule has 1 N–H and O–H groups in total. The summed E-state index contributed by atoms with van der Waals surface area (Å²) < 4.78 is 0. The molecule has 1 nitrogen and oxygen atoms in total. The second-order valence-corrected chi connectivity index (χ2v) is 8.36. The van der Waals surface area contributed by atoms with Crippen LogP contribution in [0.1, 0.15) is 6.42 Å². The molecule has 0 aliphatic rings. The van der Waals surface area contributed by atoms with Crippen LogP contribution in [0.4, 0.5) is 0 Å². The summed E-state index contributed by atoms with van der Waals surface area (Å²) in [5.41, 5.74) is 2.29. The minimum absolute atomic E-state index is 0.246. The molecule has 0 radical (unpaired) electrons. The summed E-state index contributed by atoms with van der Waals surface area (Å²) in [4.78, 5) is 0. The van der Waals surface area contributed by atoms with Crippen LogP contribution in [0.25, 0.3) is 0 Å². The highest BCUT2D eigenvalue weighted by Gasteiger charge is 2.18. The number of benzene rings is 1. The van der Waals surface area contributed by atoms with Crippen LogP contribution in [0.3, 0.4) is 0 Å². The van der Waals surface area contributed by atoms with Gasteiger partial charge >= 0.3 is 0 Å². The Hall–Kier alpha value is -0.863. The van der Waals surface area contributed by atoms with Crippen molar-refractivity contribution >= 4 is 13.3 Å². The average Bonchev–Trinajstić information content (AvgIpc) is 2.19. The summed E-state index contributed by atoms with van der Waals surface area (Å²) in [6.07, 6.45) is 2.86. The molecule has 14 heavy (non-hydrogen) atoms. The number of aliphatic hydroxyl groups is 1. The smallest absolute Gasteiger partial charge is 0.103 e.